The van der Waals surface area contributed by atoms with E-state index in [1.807, 2.05) is 43.5 Å². The lowest BCUT2D eigenvalue weighted by Crippen LogP contribution is -2.15. The second-order valence-electron chi connectivity index (χ2n) is 6.67. The molecular formula is C23H25NO2. The number of aromatic nitrogens is 1. The summed E-state index contributed by atoms with van der Waals surface area (Å²) >= 11 is 0. The molecule has 0 aliphatic heterocycles. The standard InChI is InChI=1S/C23H25NO2/c1-4-10-19-20-13-8-9-14-21(20)24(3)22(19)15-23(25)26-16-17(2)18-11-6-5-7-12-18/h4-9,11-14,17H,1,10,15-16H2,2-3H3. The number of nitrogens with zero attached hydrogens (tertiary/aromatic N) is 1. The minimum atomic E-state index is -0.191. The predicted molar refractivity (Wildman–Crippen MR) is 106 cm³/mol. The molecule has 3 aromatic rings. The van der Waals surface area contributed by atoms with Crippen molar-refractivity contribution >= 4 is 16.9 Å². The van der Waals surface area contributed by atoms with Crippen molar-refractivity contribution in [1.82, 2.24) is 4.57 Å². The third kappa shape index (κ3) is 3.72. The van der Waals surface area contributed by atoms with Gasteiger partial charge in [-0.3, -0.25) is 4.79 Å². The van der Waals surface area contributed by atoms with Gasteiger partial charge < -0.3 is 9.30 Å². The van der Waals surface area contributed by atoms with Crippen molar-refractivity contribution in [2.75, 3.05) is 6.61 Å². The molecule has 1 heterocycles. The van der Waals surface area contributed by atoms with Crippen molar-refractivity contribution in [1.29, 1.82) is 0 Å². The van der Waals surface area contributed by atoms with Gasteiger partial charge in [0, 0.05) is 29.6 Å². The van der Waals surface area contributed by atoms with E-state index < -0.39 is 0 Å². The molecule has 1 unspecified atom stereocenters. The Morgan fingerprint density at radius 1 is 1.15 bits per heavy atom. The van der Waals surface area contributed by atoms with E-state index in [-0.39, 0.29) is 18.3 Å². The van der Waals surface area contributed by atoms with E-state index in [0.29, 0.717) is 6.61 Å². The molecule has 3 nitrogen and oxygen atoms in total. The maximum atomic E-state index is 12.5. The van der Waals surface area contributed by atoms with Gasteiger partial charge in [0.1, 0.15) is 0 Å². The zero-order valence-electron chi connectivity index (χ0n) is 15.4. The lowest BCUT2D eigenvalue weighted by Gasteiger charge is -2.13. The monoisotopic (exact) mass is 347 g/mol. The zero-order valence-corrected chi connectivity index (χ0v) is 15.4. The fourth-order valence-corrected chi connectivity index (χ4v) is 3.41. The van der Waals surface area contributed by atoms with E-state index in [9.17, 15) is 4.79 Å². The summed E-state index contributed by atoms with van der Waals surface area (Å²) in [6.45, 7) is 6.32. The molecular weight excluding hydrogens is 322 g/mol. The molecule has 3 rings (SSSR count). The number of fused-ring (bicyclic) bond motifs is 1. The minimum Gasteiger partial charge on any atom is -0.465 e. The molecule has 0 fully saturated rings. The first-order valence-corrected chi connectivity index (χ1v) is 8.98. The minimum absolute atomic E-state index is 0.181. The van der Waals surface area contributed by atoms with Gasteiger partial charge in [-0.1, -0.05) is 61.5 Å². The Balaban J connectivity index is 1.74. The topological polar surface area (TPSA) is 31.2 Å². The molecule has 0 aliphatic carbocycles. The molecule has 0 bridgehead atoms. The number of aryl methyl sites for hydroxylation is 1. The molecule has 2 aromatic carbocycles. The van der Waals surface area contributed by atoms with Gasteiger partial charge in [-0.15, -0.1) is 6.58 Å². The molecule has 1 atom stereocenters. The number of esters is 1. The van der Waals surface area contributed by atoms with Crippen LogP contribution in [0.5, 0.6) is 0 Å². The van der Waals surface area contributed by atoms with Crippen molar-refractivity contribution < 1.29 is 9.53 Å². The number of rotatable bonds is 7. The molecule has 26 heavy (non-hydrogen) atoms. The molecule has 0 saturated heterocycles. The Labute approximate surface area is 154 Å². The van der Waals surface area contributed by atoms with E-state index in [2.05, 4.69) is 42.3 Å². The van der Waals surface area contributed by atoms with Crippen molar-refractivity contribution in [2.45, 2.75) is 25.7 Å². The van der Waals surface area contributed by atoms with Crippen LogP contribution in [0.2, 0.25) is 0 Å². The first kappa shape index (κ1) is 18.0. The van der Waals surface area contributed by atoms with Crippen LogP contribution in [0.1, 0.15) is 29.7 Å². The summed E-state index contributed by atoms with van der Waals surface area (Å²) in [5, 5.41) is 1.18. The fourth-order valence-electron chi connectivity index (χ4n) is 3.41. The highest BCUT2D eigenvalue weighted by Crippen LogP contribution is 2.27. The zero-order chi connectivity index (χ0) is 18.5. The summed E-state index contributed by atoms with van der Waals surface area (Å²) in [5.41, 5.74) is 4.47. The van der Waals surface area contributed by atoms with Crippen LogP contribution in [0.3, 0.4) is 0 Å². The van der Waals surface area contributed by atoms with Gasteiger partial charge in [0.05, 0.1) is 13.0 Å². The predicted octanol–water partition coefficient (Wildman–Crippen LogP) is 4.80. The second-order valence-corrected chi connectivity index (χ2v) is 6.67. The third-order valence-electron chi connectivity index (χ3n) is 4.87. The Bertz CT molecular complexity index is 909. The van der Waals surface area contributed by atoms with Gasteiger partial charge in [0.25, 0.3) is 0 Å². The normalized spacial score (nSPS) is 12.1. The van der Waals surface area contributed by atoms with Gasteiger partial charge in [0.15, 0.2) is 0 Å². The first-order valence-electron chi connectivity index (χ1n) is 8.98. The Morgan fingerprint density at radius 3 is 2.58 bits per heavy atom. The van der Waals surface area contributed by atoms with Gasteiger partial charge in [-0.2, -0.15) is 0 Å². The average Bonchev–Trinajstić information content (AvgIpc) is 2.93. The maximum absolute atomic E-state index is 12.5. The highest BCUT2D eigenvalue weighted by molar-refractivity contribution is 5.87. The number of ether oxygens (including phenoxy) is 1. The number of allylic oxidation sites excluding steroid dienone is 1. The Morgan fingerprint density at radius 2 is 1.85 bits per heavy atom. The van der Waals surface area contributed by atoms with Crippen LogP contribution in [0.4, 0.5) is 0 Å². The van der Waals surface area contributed by atoms with E-state index in [0.717, 1.165) is 23.2 Å². The molecule has 0 spiro atoms. The lowest BCUT2D eigenvalue weighted by molar-refractivity contribution is -0.143. The van der Waals surface area contributed by atoms with E-state index in [1.54, 1.807) is 0 Å². The van der Waals surface area contributed by atoms with Crippen LogP contribution >= 0.6 is 0 Å². The molecule has 0 radical (unpaired) electrons. The smallest absolute Gasteiger partial charge is 0.311 e. The van der Waals surface area contributed by atoms with Crippen molar-refractivity contribution in [3.63, 3.8) is 0 Å². The molecule has 0 N–H and O–H groups in total. The van der Waals surface area contributed by atoms with Crippen LogP contribution in [-0.4, -0.2) is 17.1 Å². The number of benzene rings is 2. The van der Waals surface area contributed by atoms with E-state index in [1.165, 1.54) is 10.9 Å². The highest BCUT2D eigenvalue weighted by atomic mass is 16.5. The molecule has 1 aromatic heterocycles. The fraction of sp³-hybridized carbons (Fsp3) is 0.261. The summed E-state index contributed by atoms with van der Waals surface area (Å²) < 4.78 is 7.66. The van der Waals surface area contributed by atoms with E-state index in [4.69, 9.17) is 4.74 Å². The second kappa shape index (κ2) is 8.05. The Kier molecular flexibility index (Phi) is 5.57. The van der Waals surface area contributed by atoms with Gasteiger partial charge in [-0.05, 0) is 23.6 Å². The van der Waals surface area contributed by atoms with Crippen molar-refractivity contribution in [3.05, 3.63) is 84.1 Å². The van der Waals surface area contributed by atoms with Crippen molar-refractivity contribution in [2.24, 2.45) is 7.05 Å². The summed E-state index contributed by atoms with van der Waals surface area (Å²) in [5.74, 6) is -0.00993. The molecule has 0 saturated carbocycles. The summed E-state index contributed by atoms with van der Waals surface area (Å²) in [6, 6.07) is 18.3. The van der Waals surface area contributed by atoms with Crippen LogP contribution < -0.4 is 0 Å². The van der Waals surface area contributed by atoms with Crippen LogP contribution in [0, 0.1) is 0 Å². The largest absolute Gasteiger partial charge is 0.465 e. The molecule has 3 heteroatoms. The van der Waals surface area contributed by atoms with Gasteiger partial charge in [-0.25, -0.2) is 0 Å². The number of carbonyl (C=O) groups is 1. The van der Waals surface area contributed by atoms with Gasteiger partial charge >= 0.3 is 5.97 Å². The molecule has 0 amide bonds. The van der Waals surface area contributed by atoms with Crippen LogP contribution in [-0.2, 0) is 29.4 Å². The van der Waals surface area contributed by atoms with Gasteiger partial charge in [0.2, 0.25) is 0 Å². The number of hydrogen-bond acceptors (Lipinski definition) is 2. The quantitative estimate of drug-likeness (QED) is 0.454. The Hall–Kier alpha value is -2.81. The third-order valence-corrected chi connectivity index (χ3v) is 4.87. The van der Waals surface area contributed by atoms with Crippen LogP contribution in [0.15, 0.2) is 67.3 Å². The SMILES string of the molecule is C=CCc1c(CC(=O)OCC(C)c2ccccc2)n(C)c2ccccc12. The number of para-hydroxylation sites is 1. The average molecular weight is 347 g/mol. The first-order chi connectivity index (χ1) is 12.6. The molecule has 0 aliphatic rings. The lowest BCUT2D eigenvalue weighted by atomic mass is 10.0. The number of carbonyl (C=O) groups excluding carboxylic acids is 1. The maximum Gasteiger partial charge on any atom is 0.311 e. The summed E-state index contributed by atoms with van der Waals surface area (Å²) in [7, 11) is 2.00. The summed E-state index contributed by atoms with van der Waals surface area (Å²) in [4.78, 5) is 12.5. The molecule has 134 valence electrons. The van der Waals surface area contributed by atoms with Crippen LogP contribution in [0.25, 0.3) is 10.9 Å². The summed E-state index contributed by atoms with van der Waals surface area (Å²) in [6.07, 6.45) is 2.90. The number of hydrogen-bond donors (Lipinski definition) is 0. The highest BCUT2D eigenvalue weighted by Gasteiger charge is 2.18. The van der Waals surface area contributed by atoms with Crippen molar-refractivity contribution in [3.8, 4) is 0 Å². The van der Waals surface area contributed by atoms with E-state index >= 15 is 0 Å².